The van der Waals surface area contributed by atoms with Crippen LogP contribution in [0.1, 0.15) is 27.7 Å². The van der Waals surface area contributed by atoms with E-state index in [1.807, 2.05) is 27.7 Å². The monoisotopic (exact) mass is 190 g/mol. The Morgan fingerprint density at radius 1 is 1.08 bits per heavy atom. The number of rotatable bonds is 2. The highest BCUT2D eigenvalue weighted by Gasteiger charge is 2.06. The third-order valence-electron chi connectivity index (χ3n) is 1.63. The topological polar surface area (TPSA) is 35.5 Å². The Morgan fingerprint density at radius 2 is 1.54 bits per heavy atom. The summed E-state index contributed by atoms with van der Waals surface area (Å²) < 4.78 is 0. The molecule has 0 amide bonds. The number of nitrogens with zero attached hydrogens (tertiary/aromatic N) is 1. The summed E-state index contributed by atoms with van der Waals surface area (Å²) in [5.41, 5.74) is 0. The highest BCUT2D eigenvalue weighted by atomic mass is 16.3. The number of β-amino-alcohol motifs (C(OH)–C–C–N with tert-alkyl or cyclic N) is 1. The first kappa shape index (κ1) is 15.4. The summed E-state index contributed by atoms with van der Waals surface area (Å²) in [6.07, 6.45) is 0. The fourth-order valence-electron chi connectivity index (χ4n) is 1.08. The molecule has 1 heterocycles. The van der Waals surface area contributed by atoms with Gasteiger partial charge in [-0.15, -0.1) is 0 Å². The zero-order valence-corrected chi connectivity index (χ0v) is 9.64. The van der Waals surface area contributed by atoms with Crippen molar-refractivity contribution in [1.29, 1.82) is 0 Å². The molecule has 0 aromatic carbocycles. The van der Waals surface area contributed by atoms with E-state index in [0.29, 0.717) is 6.61 Å². The van der Waals surface area contributed by atoms with Crippen molar-refractivity contribution in [1.82, 2.24) is 10.2 Å². The second-order valence-corrected chi connectivity index (χ2v) is 2.32. The number of aliphatic hydroxyl groups is 1. The predicted molar refractivity (Wildman–Crippen MR) is 59.1 cm³/mol. The van der Waals surface area contributed by atoms with E-state index in [9.17, 15) is 0 Å². The summed E-state index contributed by atoms with van der Waals surface area (Å²) in [6, 6.07) is 0. The van der Waals surface area contributed by atoms with Crippen molar-refractivity contribution in [2.75, 3.05) is 39.3 Å². The molecule has 0 spiro atoms. The van der Waals surface area contributed by atoms with Gasteiger partial charge in [0.2, 0.25) is 0 Å². The number of nitrogens with one attached hydrogen (secondary N) is 1. The molecule has 13 heavy (non-hydrogen) atoms. The summed E-state index contributed by atoms with van der Waals surface area (Å²) in [6.45, 7) is 13.4. The first-order valence-corrected chi connectivity index (χ1v) is 5.47. The van der Waals surface area contributed by atoms with Gasteiger partial charge < -0.3 is 10.4 Å². The standard InChI is InChI=1S/C6H14N2O.2C2H6/c9-6-5-8-3-1-7-2-4-8;2*1-2/h7,9H,1-6H2;2*1-2H3. The molecule has 0 saturated carbocycles. The van der Waals surface area contributed by atoms with Gasteiger partial charge in [-0.2, -0.15) is 0 Å². The number of hydrogen-bond acceptors (Lipinski definition) is 3. The molecule has 1 fully saturated rings. The zero-order chi connectivity index (χ0) is 10.5. The lowest BCUT2D eigenvalue weighted by Crippen LogP contribution is -2.44. The second kappa shape index (κ2) is 14.4. The molecular formula is C10H26N2O. The molecule has 1 aliphatic rings. The van der Waals surface area contributed by atoms with Crippen LogP contribution in [-0.4, -0.2) is 49.3 Å². The Balaban J connectivity index is 0. The van der Waals surface area contributed by atoms with Crippen LogP contribution in [0.3, 0.4) is 0 Å². The van der Waals surface area contributed by atoms with E-state index in [1.54, 1.807) is 0 Å². The number of piperazine rings is 1. The molecule has 0 aliphatic carbocycles. The van der Waals surface area contributed by atoms with Crippen molar-refractivity contribution in [3.8, 4) is 0 Å². The molecule has 0 aromatic heterocycles. The first-order valence-electron chi connectivity index (χ1n) is 5.47. The van der Waals surface area contributed by atoms with E-state index in [1.165, 1.54) is 0 Å². The summed E-state index contributed by atoms with van der Waals surface area (Å²) >= 11 is 0. The Morgan fingerprint density at radius 3 is 1.92 bits per heavy atom. The minimum absolute atomic E-state index is 0.292. The Hall–Kier alpha value is -0.120. The van der Waals surface area contributed by atoms with Crippen molar-refractivity contribution < 1.29 is 5.11 Å². The molecule has 3 heteroatoms. The smallest absolute Gasteiger partial charge is 0.0558 e. The Kier molecular flexibility index (Phi) is 17.0. The third kappa shape index (κ3) is 9.80. The van der Waals surface area contributed by atoms with Crippen LogP contribution in [-0.2, 0) is 0 Å². The van der Waals surface area contributed by atoms with Gasteiger partial charge in [0.1, 0.15) is 0 Å². The average molecular weight is 190 g/mol. The molecule has 2 N–H and O–H groups in total. The minimum Gasteiger partial charge on any atom is -0.395 e. The molecule has 0 bridgehead atoms. The van der Waals surface area contributed by atoms with Crippen molar-refractivity contribution >= 4 is 0 Å². The van der Waals surface area contributed by atoms with Crippen LogP contribution in [0.25, 0.3) is 0 Å². The lowest BCUT2D eigenvalue weighted by atomic mass is 10.4. The molecule has 0 radical (unpaired) electrons. The normalized spacial score (nSPS) is 16.4. The van der Waals surface area contributed by atoms with Crippen molar-refractivity contribution in [3.05, 3.63) is 0 Å². The fraction of sp³-hybridized carbons (Fsp3) is 1.00. The Labute approximate surface area is 83.1 Å². The predicted octanol–water partition coefficient (Wildman–Crippen LogP) is 0.936. The van der Waals surface area contributed by atoms with E-state index < -0.39 is 0 Å². The summed E-state index contributed by atoms with van der Waals surface area (Å²) in [5, 5.41) is 11.8. The lowest BCUT2D eigenvalue weighted by Gasteiger charge is -2.25. The van der Waals surface area contributed by atoms with Crippen LogP contribution < -0.4 is 5.32 Å². The molecule has 0 aromatic rings. The van der Waals surface area contributed by atoms with Gasteiger partial charge in [-0.3, -0.25) is 4.90 Å². The van der Waals surface area contributed by atoms with Gasteiger partial charge in [-0.1, -0.05) is 27.7 Å². The molecule has 1 saturated heterocycles. The van der Waals surface area contributed by atoms with E-state index in [0.717, 1.165) is 32.7 Å². The van der Waals surface area contributed by atoms with Gasteiger partial charge in [-0.05, 0) is 0 Å². The maximum Gasteiger partial charge on any atom is 0.0558 e. The van der Waals surface area contributed by atoms with Crippen LogP contribution >= 0.6 is 0 Å². The van der Waals surface area contributed by atoms with E-state index >= 15 is 0 Å². The molecule has 1 aliphatic heterocycles. The SMILES string of the molecule is CC.CC.OCCN1CCNCC1. The summed E-state index contributed by atoms with van der Waals surface area (Å²) in [7, 11) is 0. The first-order chi connectivity index (χ1) is 6.43. The van der Waals surface area contributed by atoms with Crippen LogP contribution in [0.5, 0.6) is 0 Å². The minimum atomic E-state index is 0.292. The van der Waals surface area contributed by atoms with Gasteiger partial charge in [-0.25, -0.2) is 0 Å². The van der Waals surface area contributed by atoms with E-state index in [4.69, 9.17) is 5.11 Å². The molecule has 3 nitrogen and oxygen atoms in total. The molecular weight excluding hydrogens is 164 g/mol. The number of aliphatic hydroxyl groups excluding tert-OH is 1. The van der Waals surface area contributed by atoms with E-state index in [-0.39, 0.29) is 0 Å². The van der Waals surface area contributed by atoms with Crippen LogP contribution in [0.4, 0.5) is 0 Å². The van der Waals surface area contributed by atoms with Crippen LogP contribution in [0.15, 0.2) is 0 Å². The highest BCUT2D eigenvalue weighted by molar-refractivity contribution is 4.66. The maximum atomic E-state index is 8.56. The van der Waals surface area contributed by atoms with E-state index in [2.05, 4.69) is 10.2 Å². The van der Waals surface area contributed by atoms with Gasteiger partial charge in [0.25, 0.3) is 0 Å². The quantitative estimate of drug-likeness (QED) is 0.680. The largest absolute Gasteiger partial charge is 0.395 e. The number of hydrogen-bond donors (Lipinski definition) is 2. The second-order valence-electron chi connectivity index (χ2n) is 2.32. The Bertz CT molecular complexity index is 70.6. The van der Waals surface area contributed by atoms with Crippen LogP contribution in [0.2, 0.25) is 0 Å². The van der Waals surface area contributed by atoms with Crippen molar-refractivity contribution in [3.63, 3.8) is 0 Å². The van der Waals surface area contributed by atoms with Gasteiger partial charge in [0.05, 0.1) is 6.61 Å². The van der Waals surface area contributed by atoms with Gasteiger partial charge in [0.15, 0.2) is 0 Å². The van der Waals surface area contributed by atoms with Crippen molar-refractivity contribution in [2.24, 2.45) is 0 Å². The van der Waals surface area contributed by atoms with Gasteiger partial charge >= 0.3 is 0 Å². The molecule has 0 atom stereocenters. The van der Waals surface area contributed by atoms with Crippen LogP contribution in [0, 0.1) is 0 Å². The summed E-state index contributed by atoms with van der Waals surface area (Å²) in [5.74, 6) is 0. The highest BCUT2D eigenvalue weighted by Crippen LogP contribution is 1.88. The van der Waals surface area contributed by atoms with Crippen molar-refractivity contribution in [2.45, 2.75) is 27.7 Å². The molecule has 1 rings (SSSR count). The lowest BCUT2D eigenvalue weighted by molar-refractivity contribution is 0.180. The summed E-state index contributed by atoms with van der Waals surface area (Å²) in [4.78, 5) is 2.26. The third-order valence-corrected chi connectivity index (χ3v) is 1.63. The molecule has 0 unspecified atom stereocenters. The zero-order valence-electron chi connectivity index (χ0n) is 9.64. The maximum absolute atomic E-state index is 8.56. The molecule has 82 valence electrons. The van der Waals surface area contributed by atoms with Gasteiger partial charge in [0, 0.05) is 32.7 Å². The fourth-order valence-corrected chi connectivity index (χ4v) is 1.08. The average Bonchev–Trinajstić information content (AvgIpc) is 2.26.